The quantitative estimate of drug-likeness (QED) is 0.697. The molecule has 0 heterocycles. The summed E-state index contributed by atoms with van der Waals surface area (Å²) in [6.45, 7) is 6.12. The van der Waals surface area contributed by atoms with E-state index in [4.69, 9.17) is 4.74 Å². The van der Waals surface area contributed by atoms with Crippen molar-refractivity contribution in [2.45, 2.75) is 38.1 Å². The highest BCUT2D eigenvalue weighted by Gasteiger charge is 2.25. The molecule has 0 saturated heterocycles. The summed E-state index contributed by atoms with van der Waals surface area (Å²) in [5, 5.41) is 2.81. The van der Waals surface area contributed by atoms with Crippen LogP contribution >= 0.6 is 0 Å². The van der Waals surface area contributed by atoms with Gasteiger partial charge in [0.05, 0.1) is 17.2 Å². The SMILES string of the molecule is COCC(C)NC(=O)CCN(c1ccc(C)cc1)S(=O)(=O)c1ccc(C)cc1. The van der Waals surface area contributed by atoms with Gasteiger partial charge in [0.25, 0.3) is 10.0 Å². The van der Waals surface area contributed by atoms with Crippen LogP contribution in [0.1, 0.15) is 24.5 Å². The molecular weight excluding hydrogens is 376 g/mol. The Morgan fingerprint density at radius 3 is 2.11 bits per heavy atom. The molecule has 0 aromatic heterocycles. The van der Waals surface area contributed by atoms with Crippen molar-refractivity contribution in [2.24, 2.45) is 0 Å². The smallest absolute Gasteiger partial charge is 0.264 e. The van der Waals surface area contributed by atoms with Crippen molar-refractivity contribution in [1.82, 2.24) is 5.32 Å². The van der Waals surface area contributed by atoms with Crippen LogP contribution in [-0.2, 0) is 19.6 Å². The van der Waals surface area contributed by atoms with Gasteiger partial charge in [0.15, 0.2) is 0 Å². The van der Waals surface area contributed by atoms with E-state index < -0.39 is 10.0 Å². The van der Waals surface area contributed by atoms with Crippen LogP contribution in [0.15, 0.2) is 53.4 Å². The molecule has 1 amide bonds. The van der Waals surface area contributed by atoms with Crippen molar-refractivity contribution in [1.29, 1.82) is 0 Å². The zero-order valence-corrected chi connectivity index (χ0v) is 17.6. The Morgan fingerprint density at radius 2 is 1.57 bits per heavy atom. The van der Waals surface area contributed by atoms with Crippen molar-refractivity contribution < 1.29 is 17.9 Å². The van der Waals surface area contributed by atoms with Crippen LogP contribution in [0.2, 0.25) is 0 Å². The van der Waals surface area contributed by atoms with Gasteiger partial charge in [-0.2, -0.15) is 0 Å². The standard InChI is InChI=1S/C21H28N2O4S/c1-16-5-9-19(10-6-16)23(14-13-21(24)22-18(3)15-27-4)28(25,26)20-11-7-17(2)8-12-20/h5-12,18H,13-15H2,1-4H3,(H,22,24). The third-order valence-corrected chi connectivity index (χ3v) is 6.14. The third kappa shape index (κ3) is 5.81. The fourth-order valence-corrected chi connectivity index (χ4v) is 4.24. The summed E-state index contributed by atoms with van der Waals surface area (Å²) in [7, 11) is -2.22. The number of carbonyl (C=O) groups is 1. The van der Waals surface area contributed by atoms with Crippen LogP contribution in [0.4, 0.5) is 5.69 Å². The Hall–Kier alpha value is -2.38. The number of carbonyl (C=O) groups excluding carboxylic acids is 1. The number of rotatable bonds is 9. The number of hydrogen-bond acceptors (Lipinski definition) is 4. The van der Waals surface area contributed by atoms with Gasteiger partial charge >= 0.3 is 0 Å². The maximum absolute atomic E-state index is 13.2. The van der Waals surface area contributed by atoms with E-state index in [0.717, 1.165) is 11.1 Å². The van der Waals surface area contributed by atoms with Crippen LogP contribution in [0, 0.1) is 13.8 Å². The minimum Gasteiger partial charge on any atom is -0.383 e. The van der Waals surface area contributed by atoms with Crippen LogP contribution in [0.5, 0.6) is 0 Å². The maximum Gasteiger partial charge on any atom is 0.264 e. The number of anilines is 1. The lowest BCUT2D eigenvalue weighted by Gasteiger charge is -2.25. The van der Waals surface area contributed by atoms with E-state index in [-0.39, 0.29) is 29.8 Å². The fraction of sp³-hybridized carbons (Fsp3) is 0.381. The van der Waals surface area contributed by atoms with E-state index in [2.05, 4.69) is 5.32 Å². The lowest BCUT2D eigenvalue weighted by Crippen LogP contribution is -2.39. The molecule has 1 atom stereocenters. The van der Waals surface area contributed by atoms with Gasteiger partial charge < -0.3 is 10.1 Å². The molecule has 2 rings (SSSR count). The normalized spacial score (nSPS) is 12.4. The number of aryl methyl sites for hydroxylation is 2. The van der Waals surface area contributed by atoms with Gasteiger partial charge in [-0.05, 0) is 45.0 Å². The first-order valence-electron chi connectivity index (χ1n) is 9.18. The zero-order valence-electron chi connectivity index (χ0n) is 16.8. The highest BCUT2D eigenvalue weighted by Crippen LogP contribution is 2.24. The molecule has 1 unspecified atom stereocenters. The Morgan fingerprint density at radius 1 is 1.04 bits per heavy atom. The van der Waals surface area contributed by atoms with E-state index in [1.807, 2.05) is 32.9 Å². The molecule has 0 radical (unpaired) electrons. The van der Waals surface area contributed by atoms with Crippen LogP contribution in [0.3, 0.4) is 0 Å². The predicted molar refractivity (Wildman–Crippen MR) is 111 cm³/mol. The molecule has 0 aliphatic rings. The maximum atomic E-state index is 13.2. The number of nitrogens with zero attached hydrogens (tertiary/aromatic N) is 1. The topological polar surface area (TPSA) is 75.7 Å². The van der Waals surface area contributed by atoms with E-state index in [0.29, 0.717) is 12.3 Å². The van der Waals surface area contributed by atoms with Gasteiger partial charge in [-0.3, -0.25) is 9.10 Å². The highest BCUT2D eigenvalue weighted by molar-refractivity contribution is 7.92. The van der Waals surface area contributed by atoms with Gasteiger partial charge in [-0.15, -0.1) is 0 Å². The minimum atomic E-state index is -3.79. The van der Waals surface area contributed by atoms with Crippen LogP contribution in [0.25, 0.3) is 0 Å². The monoisotopic (exact) mass is 404 g/mol. The molecule has 1 N–H and O–H groups in total. The number of hydrogen-bond donors (Lipinski definition) is 1. The first kappa shape index (κ1) is 21.9. The second kappa shape index (κ2) is 9.71. The first-order valence-corrected chi connectivity index (χ1v) is 10.6. The first-order chi connectivity index (χ1) is 13.2. The summed E-state index contributed by atoms with van der Waals surface area (Å²) in [6, 6.07) is 13.8. The van der Waals surface area contributed by atoms with Crippen molar-refractivity contribution in [3.8, 4) is 0 Å². The molecule has 152 valence electrons. The molecule has 7 heteroatoms. The van der Waals surface area contributed by atoms with Gasteiger partial charge in [-0.25, -0.2) is 8.42 Å². The molecule has 0 spiro atoms. The molecule has 0 aliphatic carbocycles. The molecule has 6 nitrogen and oxygen atoms in total. The number of ether oxygens (including phenoxy) is 1. The van der Waals surface area contributed by atoms with Crippen LogP contribution < -0.4 is 9.62 Å². The molecule has 0 aliphatic heterocycles. The molecule has 0 saturated carbocycles. The number of nitrogens with one attached hydrogen (secondary N) is 1. The summed E-state index contributed by atoms with van der Waals surface area (Å²) in [4.78, 5) is 12.4. The number of sulfonamides is 1. The van der Waals surface area contributed by atoms with Crippen LogP contribution in [-0.4, -0.2) is 40.6 Å². The average molecular weight is 405 g/mol. The second-order valence-electron chi connectivity index (χ2n) is 6.90. The highest BCUT2D eigenvalue weighted by atomic mass is 32.2. The Kier molecular flexibility index (Phi) is 7.60. The lowest BCUT2D eigenvalue weighted by atomic mass is 10.2. The van der Waals surface area contributed by atoms with Gasteiger partial charge in [0.2, 0.25) is 5.91 Å². The zero-order chi connectivity index (χ0) is 20.7. The van der Waals surface area contributed by atoms with E-state index in [1.54, 1.807) is 43.5 Å². The summed E-state index contributed by atoms with van der Waals surface area (Å²) < 4.78 is 32.8. The summed E-state index contributed by atoms with van der Waals surface area (Å²) in [5.74, 6) is -0.222. The lowest BCUT2D eigenvalue weighted by molar-refractivity contribution is -0.121. The Bertz CT molecular complexity index is 878. The molecule has 2 aromatic rings. The third-order valence-electron chi connectivity index (χ3n) is 4.30. The van der Waals surface area contributed by atoms with E-state index >= 15 is 0 Å². The summed E-state index contributed by atoms with van der Waals surface area (Å²) >= 11 is 0. The number of amides is 1. The van der Waals surface area contributed by atoms with Crippen molar-refractivity contribution >= 4 is 21.6 Å². The van der Waals surface area contributed by atoms with Gasteiger partial charge in [0.1, 0.15) is 0 Å². The summed E-state index contributed by atoms with van der Waals surface area (Å²) in [5.41, 5.74) is 2.54. The predicted octanol–water partition coefficient (Wildman–Crippen LogP) is 3.04. The van der Waals surface area contributed by atoms with Crippen molar-refractivity contribution in [2.75, 3.05) is 24.6 Å². The van der Waals surface area contributed by atoms with E-state index in [9.17, 15) is 13.2 Å². The molecule has 28 heavy (non-hydrogen) atoms. The second-order valence-corrected chi connectivity index (χ2v) is 8.76. The largest absolute Gasteiger partial charge is 0.383 e. The molecule has 2 aromatic carbocycles. The minimum absolute atomic E-state index is 0.0464. The average Bonchev–Trinajstić information content (AvgIpc) is 2.63. The van der Waals surface area contributed by atoms with Crippen molar-refractivity contribution in [3.63, 3.8) is 0 Å². The van der Waals surface area contributed by atoms with Crippen molar-refractivity contribution in [3.05, 3.63) is 59.7 Å². The molecular formula is C21H28N2O4S. The number of methoxy groups -OCH3 is 1. The summed E-state index contributed by atoms with van der Waals surface area (Å²) in [6.07, 6.45) is 0.0486. The Balaban J connectivity index is 2.26. The van der Waals surface area contributed by atoms with E-state index in [1.165, 1.54) is 4.31 Å². The van der Waals surface area contributed by atoms with Gasteiger partial charge in [-0.1, -0.05) is 35.4 Å². The Labute approximate surface area is 167 Å². The molecule has 0 bridgehead atoms. The fourth-order valence-electron chi connectivity index (χ4n) is 2.78. The molecule has 0 fully saturated rings. The number of benzene rings is 2. The van der Waals surface area contributed by atoms with Gasteiger partial charge in [0, 0.05) is 26.1 Å².